The molecule has 96 valence electrons. The number of hydrogen-bond donors (Lipinski definition) is 1. The molecule has 2 aliphatic carbocycles. The lowest BCUT2D eigenvalue weighted by atomic mass is 9.59. The van der Waals surface area contributed by atoms with E-state index in [0.717, 1.165) is 24.8 Å². The van der Waals surface area contributed by atoms with Gasteiger partial charge in [0.25, 0.3) is 0 Å². The van der Waals surface area contributed by atoms with Crippen molar-refractivity contribution in [2.75, 3.05) is 0 Å². The Balaban J connectivity index is 2.12. The fraction of sp³-hybridized carbons (Fsp3) is 0.533. The summed E-state index contributed by atoms with van der Waals surface area (Å²) in [5.41, 5.74) is 2.53. The van der Waals surface area contributed by atoms with Gasteiger partial charge in [-0.05, 0) is 38.2 Å². The van der Waals surface area contributed by atoms with Crippen LogP contribution in [-0.4, -0.2) is 17.2 Å². The summed E-state index contributed by atoms with van der Waals surface area (Å²) in [6, 6.07) is 0. The molecule has 18 heavy (non-hydrogen) atoms. The Morgan fingerprint density at radius 2 is 2.28 bits per heavy atom. The molecule has 3 heteroatoms. The minimum Gasteiger partial charge on any atom is -0.423 e. The van der Waals surface area contributed by atoms with Gasteiger partial charge in [-0.15, -0.1) is 0 Å². The van der Waals surface area contributed by atoms with Crippen LogP contribution in [-0.2, 0) is 9.53 Å². The van der Waals surface area contributed by atoms with E-state index in [1.807, 2.05) is 19.9 Å². The molecular weight excluding hydrogens is 228 g/mol. The zero-order valence-electron chi connectivity index (χ0n) is 10.8. The second kappa shape index (κ2) is 3.58. The zero-order chi connectivity index (χ0) is 13.1. The number of carbonyl (C=O) groups is 1. The summed E-state index contributed by atoms with van der Waals surface area (Å²) in [5.74, 6) is 0.619. The number of fused-ring (bicyclic) bond motifs is 2. The summed E-state index contributed by atoms with van der Waals surface area (Å²) in [5, 5.41) is 10.3. The van der Waals surface area contributed by atoms with E-state index in [2.05, 4.69) is 6.58 Å². The third-order valence-corrected chi connectivity index (χ3v) is 4.81. The maximum absolute atomic E-state index is 11.6. The second-order valence-electron chi connectivity index (χ2n) is 5.84. The molecule has 0 aromatic carbocycles. The van der Waals surface area contributed by atoms with Crippen molar-refractivity contribution in [3.63, 3.8) is 0 Å². The number of aliphatic hydroxyl groups excluding tert-OH is 1. The van der Waals surface area contributed by atoms with Gasteiger partial charge in [-0.3, -0.25) is 0 Å². The van der Waals surface area contributed by atoms with E-state index < -0.39 is 0 Å². The molecule has 0 aromatic rings. The third-order valence-electron chi connectivity index (χ3n) is 4.81. The lowest BCUT2D eigenvalue weighted by molar-refractivity contribution is -0.133. The van der Waals surface area contributed by atoms with Gasteiger partial charge in [-0.2, -0.15) is 0 Å². The van der Waals surface area contributed by atoms with E-state index in [1.54, 1.807) is 0 Å². The quantitative estimate of drug-likeness (QED) is 0.527. The molecule has 0 amide bonds. The van der Waals surface area contributed by atoms with Crippen molar-refractivity contribution in [1.82, 2.24) is 0 Å². The molecule has 3 aliphatic rings. The number of allylic oxidation sites excluding steroid dienone is 2. The number of aliphatic hydroxyl groups is 1. The van der Waals surface area contributed by atoms with Crippen LogP contribution in [0.3, 0.4) is 0 Å². The molecule has 1 heterocycles. The molecule has 1 fully saturated rings. The summed E-state index contributed by atoms with van der Waals surface area (Å²) in [4.78, 5) is 11.6. The standard InChI is InChI=1S/C15H18O3/c1-8-4-5-13(16)15(3)7-12-10(6-11(8)15)9(2)14(17)18-12/h7,11,13,16H,1,4-6H2,2-3H3/t11-,13-,15-/m1/s1. The number of esters is 1. The van der Waals surface area contributed by atoms with Gasteiger partial charge in [0, 0.05) is 16.6 Å². The molecule has 3 nitrogen and oxygen atoms in total. The maximum atomic E-state index is 11.6. The van der Waals surface area contributed by atoms with E-state index in [-0.39, 0.29) is 23.4 Å². The Morgan fingerprint density at radius 3 is 3.00 bits per heavy atom. The molecule has 1 N–H and O–H groups in total. The highest BCUT2D eigenvalue weighted by atomic mass is 16.5. The summed E-state index contributed by atoms with van der Waals surface area (Å²) in [6.07, 6.45) is 3.92. The minimum atomic E-state index is -0.387. The molecule has 1 aliphatic heterocycles. The molecule has 3 rings (SSSR count). The molecule has 0 aromatic heterocycles. The lowest BCUT2D eigenvalue weighted by Gasteiger charge is -2.47. The first kappa shape index (κ1) is 11.7. The normalized spacial score (nSPS) is 39.2. The van der Waals surface area contributed by atoms with E-state index in [9.17, 15) is 9.90 Å². The smallest absolute Gasteiger partial charge is 0.339 e. The van der Waals surface area contributed by atoms with Gasteiger partial charge in [0.15, 0.2) is 0 Å². The average molecular weight is 246 g/mol. The van der Waals surface area contributed by atoms with Crippen LogP contribution < -0.4 is 0 Å². The SMILES string of the molecule is C=C1CC[C@@H](O)[C@]2(C)C=C3OC(=O)C(C)=C3C[C@H]12. The minimum absolute atomic E-state index is 0.212. The van der Waals surface area contributed by atoms with Crippen molar-refractivity contribution in [1.29, 1.82) is 0 Å². The fourth-order valence-electron chi connectivity index (χ4n) is 3.44. The van der Waals surface area contributed by atoms with E-state index in [0.29, 0.717) is 11.3 Å². The van der Waals surface area contributed by atoms with E-state index >= 15 is 0 Å². The Morgan fingerprint density at radius 1 is 1.56 bits per heavy atom. The first-order valence-electron chi connectivity index (χ1n) is 6.44. The van der Waals surface area contributed by atoms with Crippen molar-refractivity contribution >= 4 is 5.97 Å². The van der Waals surface area contributed by atoms with E-state index in [1.165, 1.54) is 5.57 Å². The lowest BCUT2D eigenvalue weighted by Crippen LogP contribution is -2.44. The Bertz CT molecular complexity index is 512. The van der Waals surface area contributed by atoms with Gasteiger partial charge in [0.2, 0.25) is 0 Å². The highest BCUT2D eigenvalue weighted by Gasteiger charge is 2.49. The fourth-order valence-corrected chi connectivity index (χ4v) is 3.44. The van der Waals surface area contributed by atoms with Crippen LogP contribution in [0.15, 0.2) is 35.1 Å². The average Bonchev–Trinajstić information content (AvgIpc) is 2.58. The van der Waals surface area contributed by atoms with Crippen LogP contribution in [0.2, 0.25) is 0 Å². The number of carbonyl (C=O) groups excluding carboxylic acids is 1. The first-order chi connectivity index (χ1) is 8.43. The Labute approximate surface area is 107 Å². The second-order valence-corrected chi connectivity index (χ2v) is 5.84. The monoisotopic (exact) mass is 246 g/mol. The van der Waals surface area contributed by atoms with Crippen molar-refractivity contribution in [2.24, 2.45) is 11.3 Å². The van der Waals surface area contributed by atoms with Gasteiger partial charge in [-0.1, -0.05) is 19.1 Å². The summed E-state index contributed by atoms with van der Waals surface area (Å²) in [7, 11) is 0. The number of hydrogen-bond acceptors (Lipinski definition) is 3. The molecule has 0 bridgehead atoms. The Kier molecular flexibility index (Phi) is 2.33. The summed E-state index contributed by atoms with van der Waals surface area (Å²) in [6.45, 7) is 8.00. The molecule has 3 atom stereocenters. The van der Waals surface area contributed by atoms with Gasteiger partial charge in [-0.25, -0.2) is 4.79 Å². The van der Waals surface area contributed by atoms with Gasteiger partial charge in [0.05, 0.1) is 6.10 Å². The molecule has 0 spiro atoms. The van der Waals surface area contributed by atoms with E-state index in [4.69, 9.17) is 4.74 Å². The highest BCUT2D eigenvalue weighted by Crippen LogP contribution is 2.53. The predicted octanol–water partition coefficient (Wildman–Crippen LogP) is 2.48. The van der Waals surface area contributed by atoms with Crippen LogP contribution in [0, 0.1) is 11.3 Å². The first-order valence-corrected chi connectivity index (χ1v) is 6.44. The largest absolute Gasteiger partial charge is 0.423 e. The topological polar surface area (TPSA) is 46.5 Å². The predicted molar refractivity (Wildman–Crippen MR) is 67.5 cm³/mol. The van der Waals surface area contributed by atoms with Gasteiger partial charge in [0.1, 0.15) is 5.76 Å². The number of rotatable bonds is 0. The van der Waals surface area contributed by atoms with Crippen molar-refractivity contribution in [3.8, 4) is 0 Å². The highest BCUT2D eigenvalue weighted by molar-refractivity contribution is 5.94. The number of ether oxygens (including phenoxy) is 1. The van der Waals surface area contributed by atoms with Crippen LogP contribution in [0.4, 0.5) is 0 Å². The van der Waals surface area contributed by atoms with Crippen LogP contribution >= 0.6 is 0 Å². The van der Waals surface area contributed by atoms with Gasteiger partial charge < -0.3 is 9.84 Å². The van der Waals surface area contributed by atoms with Crippen molar-refractivity contribution < 1.29 is 14.6 Å². The zero-order valence-corrected chi connectivity index (χ0v) is 10.8. The van der Waals surface area contributed by atoms with Crippen molar-refractivity contribution in [2.45, 2.75) is 39.2 Å². The molecule has 0 unspecified atom stereocenters. The maximum Gasteiger partial charge on any atom is 0.339 e. The van der Waals surface area contributed by atoms with Crippen LogP contribution in [0.1, 0.15) is 33.1 Å². The molecule has 0 saturated heterocycles. The van der Waals surface area contributed by atoms with Crippen LogP contribution in [0.25, 0.3) is 0 Å². The van der Waals surface area contributed by atoms with Gasteiger partial charge >= 0.3 is 5.97 Å². The molecule has 0 radical (unpaired) electrons. The summed E-state index contributed by atoms with van der Waals surface area (Å²) < 4.78 is 5.28. The Hall–Kier alpha value is -1.35. The van der Waals surface area contributed by atoms with Crippen molar-refractivity contribution in [3.05, 3.63) is 35.1 Å². The molecular formula is C15H18O3. The summed E-state index contributed by atoms with van der Waals surface area (Å²) >= 11 is 0. The van der Waals surface area contributed by atoms with Crippen LogP contribution in [0.5, 0.6) is 0 Å². The molecule has 1 saturated carbocycles. The third kappa shape index (κ3) is 1.37.